The lowest BCUT2D eigenvalue weighted by molar-refractivity contribution is -0.137. The molecule has 1 atom stereocenters. The fourth-order valence-corrected chi connectivity index (χ4v) is 3.20. The predicted molar refractivity (Wildman–Crippen MR) is 73.9 cm³/mol. The molecular weight excluding hydrogens is 257 g/mol. The molecule has 0 aliphatic carbocycles. The number of likely N-dealkylation sites (tertiary alicyclic amines) is 1. The zero-order chi connectivity index (χ0) is 13.9. The van der Waals surface area contributed by atoms with Gasteiger partial charge in [0.1, 0.15) is 5.82 Å². The number of carbonyl (C=O) groups excluding carboxylic acids is 1. The minimum Gasteiger partial charge on any atom is -0.381 e. The molecule has 2 heterocycles. The third kappa shape index (κ3) is 2.85. The van der Waals surface area contributed by atoms with Crippen molar-refractivity contribution in [2.75, 3.05) is 26.3 Å². The van der Waals surface area contributed by atoms with Crippen molar-refractivity contribution in [1.82, 2.24) is 4.90 Å². The first kappa shape index (κ1) is 13.6. The second-order valence-corrected chi connectivity index (χ2v) is 5.71. The molecule has 0 aromatic heterocycles. The van der Waals surface area contributed by atoms with Crippen LogP contribution in [0.25, 0.3) is 0 Å². The summed E-state index contributed by atoms with van der Waals surface area (Å²) in [6, 6.07) is 6.75. The summed E-state index contributed by atoms with van der Waals surface area (Å²) in [6.07, 6.45) is 2.60. The molecule has 1 aromatic rings. The topological polar surface area (TPSA) is 29.5 Å². The number of nitrogens with zero attached hydrogens (tertiary/aromatic N) is 1. The first-order valence-electron chi connectivity index (χ1n) is 7.36. The van der Waals surface area contributed by atoms with E-state index in [-0.39, 0.29) is 23.6 Å². The molecule has 0 radical (unpaired) electrons. The Morgan fingerprint density at radius 1 is 1.25 bits per heavy atom. The Morgan fingerprint density at radius 3 is 2.80 bits per heavy atom. The summed E-state index contributed by atoms with van der Waals surface area (Å²) in [5, 5.41) is 0. The normalized spacial score (nSPS) is 24.1. The van der Waals surface area contributed by atoms with Gasteiger partial charge >= 0.3 is 0 Å². The van der Waals surface area contributed by atoms with Crippen LogP contribution in [0.4, 0.5) is 4.39 Å². The van der Waals surface area contributed by atoms with Crippen LogP contribution in [0.1, 0.15) is 30.7 Å². The number of hydrogen-bond donors (Lipinski definition) is 0. The van der Waals surface area contributed by atoms with Crippen LogP contribution in [-0.2, 0) is 9.53 Å². The fourth-order valence-electron chi connectivity index (χ4n) is 3.20. The van der Waals surface area contributed by atoms with Crippen molar-refractivity contribution in [3.05, 3.63) is 35.6 Å². The van der Waals surface area contributed by atoms with E-state index in [2.05, 4.69) is 0 Å². The summed E-state index contributed by atoms with van der Waals surface area (Å²) in [5.41, 5.74) is 1.01. The van der Waals surface area contributed by atoms with E-state index in [0.717, 1.165) is 37.9 Å². The van der Waals surface area contributed by atoms with Crippen molar-refractivity contribution in [2.24, 2.45) is 5.92 Å². The van der Waals surface area contributed by atoms with Gasteiger partial charge < -0.3 is 9.64 Å². The molecule has 1 aromatic carbocycles. The van der Waals surface area contributed by atoms with Gasteiger partial charge in [0, 0.05) is 38.1 Å². The molecule has 4 heteroatoms. The molecule has 2 aliphatic rings. The van der Waals surface area contributed by atoms with Crippen molar-refractivity contribution in [1.29, 1.82) is 0 Å². The van der Waals surface area contributed by atoms with Gasteiger partial charge in [0.2, 0.25) is 5.91 Å². The quantitative estimate of drug-likeness (QED) is 0.831. The largest absolute Gasteiger partial charge is 0.381 e. The fraction of sp³-hybridized carbons (Fsp3) is 0.562. The van der Waals surface area contributed by atoms with E-state index < -0.39 is 0 Å². The van der Waals surface area contributed by atoms with Gasteiger partial charge in [0.25, 0.3) is 0 Å². The standard InChI is InChI=1S/C16H20FNO2/c17-15-3-1-2-13(10-15)14-4-7-18(11-14)16(19)12-5-8-20-9-6-12/h1-3,10,12,14H,4-9,11H2/t14-/m0/s1. The third-order valence-electron chi connectivity index (χ3n) is 4.39. The van der Waals surface area contributed by atoms with Crippen LogP contribution < -0.4 is 0 Å². The summed E-state index contributed by atoms with van der Waals surface area (Å²) in [5.74, 6) is 0.452. The molecule has 1 amide bonds. The highest BCUT2D eigenvalue weighted by atomic mass is 19.1. The monoisotopic (exact) mass is 277 g/mol. The van der Waals surface area contributed by atoms with Crippen LogP contribution in [0.15, 0.2) is 24.3 Å². The van der Waals surface area contributed by atoms with E-state index in [0.29, 0.717) is 13.2 Å². The second kappa shape index (κ2) is 5.92. The van der Waals surface area contributed by atoms with E-state index >= 15 is 0 Å². The molecule has 3 nitrogen and oxygen atoms in total. The van der Waals surface area contributed by atoms with Gasteiger partial charge in [0.05, 0.1) is 0 Å². The highest BCUT2D eigenvalue weighted by molar-refractivity contribution is 5.79. The van der Waals surface area contributed by atoms with E-state index in [1.807, 2.05) is 11.0 Å². The Morgan fingerprint density at radius 2 is 2.05 bits per heavy atom. The van der Waals surface area contributed by atoms with Crippen LogP contribution in [0.5, 0.6) is 0 Å². The Bertz CT molecular complexity index is 485. The molecule has 2 aliphatic heterocycles. The molecule has 3 rings (SSSR count). The van der Waals surface area contributed by atoms with Crippen LogP contribution in [0, 0.1) is 11.7 Å². The maximum atomic E-state index is 13.3. The first-order chi connectivity index (χ1) is 9.74. The number of carbonyl (C=O) groups is 1. The summed E-state index contributed by atoms with van der Waals surface area (Å²) < 4.78 is 18.6. The lowest BCUT2D eigenvalue weighted by Gasteiger charge is -2.26. The summed E-state index contributed by atoms with van der Waals surface area (Å²) in [4.78, 5) is 14.4. The number of benzene rings is 1. The van der Waals surface area contributed by atoms with Gasteiger partial charge in [-0.3, -0.25) is 4.79 Å². The molecule has 2 saturated heterocycles. The first-order valence-corrected chi connectivity index (χ1v) is 7.36. The lowest BCUT2D eigenvalue weighted by Crippen LogP contribution is -2.37. The molecule has 0 saturated carbocycles. The number of ether oxygens (including phenoxy) is 1. The number of rotatable bonds is 2. The second-order valence-electron chi connectivity index (χ2n) is 5.71. The number of hydrogen-bond acceptors (Lipinski definition) is 2. The molecular formula is C16H20FNO2. The summed E-state index contributed by atoms with van der Waals surface area (Å²) in [6.45, 7) is 2.89. The van der Waals surface area contributed by atoms with Crippen molar-refractivity contribution in [3.8, 4) is 0 Å². The van der Waals surface area contributed by atoms with Crippen molar-refractivity contribution in [2.45, 2.75) is 25.2 Å². The van der Waals surface area contributed by atoms with Gasteiger partial charge in [-0.15, -0.1) is 0 Å². The molecule has 0 spiro atoms. The zero-order valence-electron chi connectivity index (χ0n) is 11.6. The van der Waals surface area contributed by atoms with Gasteiger partial charge in [-0.2, -0.15) is 0 Å². The molecule has 108 valence electrons. The summed E-state index contributed by atoms with van der Waals surface area (Å²) >= 11 is 0. The Hall–Kier alpha value is -1.42. The highest BCUT2D eigenvalue weighted by Crippen LogP contribution is 2.29. The lowest BCUT2D eigenvalue weighted by atomic mass is 9.97. The van der Waals surface area contributed by atoms with Crippen LogP contribution >= 0.6 is 0 Å². The molecule has 0 unspecified atom stereocenters. The van der Waals surface area contributed by atoms with Gasteiger partial charge in [-0.25, -0.2) is 4.39 Å². The van der Waals surface area contributed by atoms with Gasteiger partial charge in [-0.1, -0.05) is 12.1 Å². The van der Waals surface area contributed by atoms with E-state index in [9.17, 15) is 9.18 Å². The Balaban J connectivity index is 1.63. The average Bonchev–Trinajstić information content (AvgIpc) is 2.97. The van der Waals surface area contributed by atoms with E-state index in [1.165, 1.54) is 6.07 Å². The van der Waals surface area contributed by atoms with Crippen LogP contribution in [-0.4, -0.2) is 37.1 Å². The van der Waals surface area contributed by atoms with Crippen LogP contribution in [0.3, 0.4) is 0 Å². The van der Waals surface area contributed by atoms with Gasteiger partial charge in [-0.05, 0) is 37.0 Å². The Labute approximate surface area is 118 Å². The molecule has 0 N–H and O–H groups in total. The van der Waals surface area contributed by atoms with Crippen molar-refractivity contribution < 1.29 is 13.9 Å². The smallest absolute Gasteiger partial charge is 0.225 e. The minimum atomic E-state index is -0.197. The maximum Gasteiger partial charge on any atom is 0.225 e. The number of halogens is 1. The van der Waals surface area contributed by atoms with Crippen LogP contribution in [0.2, 0.25) is 0 Å². The Kier molecular flexibility index (Phi) is 4.01. The third-order valence-corrected chi connectivity index (χ3v) is 4.39. The van der Waals surface area contributed by atoms with Crippen molar-refractivity contribution in [3.63, 3.8) is 0 Å². The molecule has 0 bridgehead atoms. The molecule has 20 heavy (non-hydrogen) atoms. The summed E-state index contributed by atoms with van der Waals surface area (Å²) in [7, 11) is 0. The molecule has 2 fully saturated rings. The van der Waals surface area contributed by atoms with Gasteiger partial charge in [0.15, 0.2) is 0 Å². The minimum absolute atomic E-state index is 0.120. The number of amides is 1. The van der Waals surface area contributed by atoms with Crippen molar-refractivity contribution >= 4 is 5.91 Å². The highest BCUT2D eigenvalue weighted by Gasteiger charge is 2.32. The van der Waals surface area contributed by atoms with E-state index in [1.54, 1.807) is 12.1 Å². The zero-order valence-corrected chi connectivity index (χ0v) is 11.6. The maximum absolute atomic E-state index is 13.3. The average molecular weight is 277 g/mol. The predicted octanol–water partition coefficient (Wildman–Crippen LogP) is 2.57. The SMILES string of the molecule is O=C(C1CCOCC1)N1CC[C@H](c2cccc(F)c2)C1. The van der Waals surface area contributed by atoms with E-state index in [4.69, 9.17) is 4.74 Å².